The van der Waals surface area contributed by atoms with Gasteiger partial charge in [0.2, 0.25) is 0 Å². The monoisotopic (exact) mass is 398 g/mol. The summed E-state index contributed by atoms with van der Waals surface area (Å²) < 4.78 is 14.4. The molecule has 2 aliphatic carbocycles. The molecule has 0 radical (unpaired) electrons. The fraction of sp³-hybridized carbons (Fsp3) is 0.609. The fourth-order valence-corrected chi connectivity index (χ4v) is 5.39. The number of aliphatic imine (C=N–C) groups is 1. The van der Waals surface area contributed by atoms with Crippen molar-refractivity contribution in [2.24, 2.45) is 28.0 Å². The van der Waals surface area contributed by atoms with Gasteiger partial charge in [-0.2, -0.15) is 5.26 Å². The zero-order valence-corrected chi connectivity index (χ0v) is 17.7. The lowest BCUT2D eigenvalue weighted by atomic mass is 9.62. The normalized spacial score (nSPS) is 32.1. The van der Waals surface area contributed by atoms with Crippen LogP contribution in [0.3, 0.4) is 0 Å². The molecule has 1 aromatic carbocycles. The molecule has 1 fully saturated rings. The molecule has 5 nitrogen and oxygen atoms in total. The number of hydrogen-bond acceptors (Lipinski definition) is 4. The minimum Gasteiger partial charge on any atom is -0.393 e. The lowest BCUT2D eigenvalue weighted by Crippen LogP contribution is -2.43. The number of nitrogens with two attached hydrogens (primary N) is 1. The van der Waals surface area contributed by atoms with Crippen molar-refractivity contribution in [3.8, 4) is 6.07 Å². The molecule has 4 unspecified atom stereocenters. The molecule has 2 aliphatic rings. The molecule has 0 saturated heterocycles. The molecule has 156 valence electrons. The summed E-state index contributed by atoms with van der Waals surface area (Å²) in [7, 11) is 0. The van der Waals surface area contributed by atoms with Crippen molar-refractivity contribution in [1.82, 2.24) is 0 Å². The van der Waals surface area contributed by atoms with Crippen LogP contribution in [0.15, 0.2) is 23.2 Å². The standard InChI is InChI=1S/C23H31FN4O/c1-13-8-23(9-14(2)19(13)29)10-16-6-5-15(12-25)7-17(16)20(23)28-18(21(26)27)11-22(3,4)24/h5-7,13-14,19-20,29H,8-11H2,1-4H3,(H3,26,27)/t13-,14?,19?,20?,23?/m1/s1. The molecule has 29 heavy (non-hydrogen) atoms. The highest BCUT2D eigenvalue weighted by atomic mass is 19.1. The third-order valence-electron chi connectivity index (χ3n) is 6.50. The van der Waals surface area contributed by atoms with Crippen molar-refractivity contribution >= 4 is 11.5 Å². The second kappa shape index (κ2) is 7.53. The van der Waals surface area contributed by atoms with Gasteiger partial charge in [0.05, 0.1) is 29.5 Å². The van der Waals surface area contributed by atoms with Gasteiger partial charge in [-0.1, -0.05) is 19.9 Å². The second-order valence-corrected chi connectivity index (χ2v) is 9.71. The van der Waals surface area contributed by atoms with Crippen molar-refractivity contribution in [3.63, 3.8) is 0 Å². The van der Waals surface area contributed by atoms with Gasteiger partial charge in [-0.05, 0) is 68.2 Å². The van der Waals surface area contributed by atoms with Gasteiger partial charge in [0.15, 0.2) is 0 Å². The molecule has 5 atom stereocenters. The zero-order valence-electron chi connectivity index (χ0n) is 17.7. The highest BCUT2D eigenvalue weighted by Gasteiger charge is 2.52. The molecule has 3 rings (SSSR count). The van der Waals surface area contributed by atoms with Crippen LogP contribution < -0.4 is 5.73 Å². The maximum absolute atomic E-state index is 14.4. The van der Waals surface area contributed by atoms with E-state index >= 15 is 0 Å². The first-order chi connectivity index (χ1) is 13.5. The Morgan fingerprint density at radius 2 is 2.00 bits per heavy atom. The van der Waals surface area contributed by atoms with Crippen LogP contribution >= 0.6 is 0 Å². The second-order valence-electron chi connectivity index (χ2n) is 9.71. The van der Waals surface area contributed by atoms with Crippen LogP contribution in [0, 0.1) is 34.0 Å². The molecule has 1 aromatic rings. The van der Waals surface area contributed by atoms with E-state index in [1.54, 1.807) is 0 Å². The van der Waals surface area contributed by atoms with E-state index in [0.29, 0.717) is 5.56 Å². The minimum atomic E-state index is -1.53. The molecular weight excluding hydrogens is 367 g/mol. The molecule has 0 aromatic heterocycles. The SMILES string of the molecule is CC1CC2(Cc3ccc(C#N)cc3C2N=C(CC(C)(C)F)C(=N)N)C[C@@H](C)C1O. The number of fused-ring (bicyclic) bond motifs is 1. The summed E-state index contributed by atoms with van der Waals surface area (Å²) in [6, 6.07) is 7.57. The Balaban J connectivity index is 2.14. The maximum Gasteiger partial charge on any atom is 0.137 e. The van der Waals surface area contributed by atoms with E-state index < -0.39 is 5.67 Å². The predicted octanol–water partition coefficient (Wildman–Crippen LogP) is 4.08. The molecule has 1 saturated carbocycles. The first-order valence-corrected chi connectivity index (χ1v) is 10.3. The Morgan fingerprint density at radius 1 is 1.38 bits per heavy atom. The summed E-state index contributed by atoms with van der Waals surface area (Å²) >= 11 is 0. The van der Waals surface area contributed by atoms with Crippen molar-refractivity contribution in [2.45, 2.75) is 71.2 Å². The maximum atomic E-state index is 14.4. The van der Waals surface area contributed by atoms with E-state index in [0.717, 1.165) is 30.4 Å². The summed E-state index contributed by atoms with van der Waals surface area (Å²) in [5.74, 6) is 0.00638. The number of alkyl halides is 1. The number of benzene rings is 1. The number of rotatable bonds is 4. The van der Waals surface area contributed by atoms with Crippen LogP contribution in [0.5, 0.6) is 0 Å². The summed E-state index contributed by atoms with van der Waals surface area (Å²) in [6.45, 7) is 7.03. The van der Waals surface area contributed by atoms with Gasteiger partial charge in [0.25, 0.3) is 0 Å². The number of nitrogens with one attached hydrogen (secondary N) is 1. The van der Waals surface area contributed by atoms with E-state index in [-0.39, 0.29) is 47.4 Å². The molecule has 6 heteroatoms. The average molecular weight is 399 g/mol. The molecular formula is C23H31FN4O. The summed E-state index contributed by atoms with van der Waals surface area (Å²) in [5.41, 5.74) is 6.96. The number of aliphatic hydroxyl groups is 1. The number of amidine groups is 1. The molecule has 0 heterocycles. The van der Waals surface area contributed by atoms with Crippen LogP contribution in [0.25, 0.3) is 0 Å². The Kier molecular flexibility index (Phi) is 5.57. The van der Waals surface area contributed by atoms with Crippen LogP contribution in [-0.4, -0.2) is 28.4 Å². The van der Waals surface area contributed by atoms with E-state index in [4.69, 9.17) is 16.1 Å². The Bertz CT molecular complexity index is 868. The van der Waals surface area contributed by atoms with Gasteiger partial charge in [-0.15, -0.1) is 0 Å². The first kappa shape index (κ1) is 21.4. The number of nitrogens with zero attached hydrogens (tertiary/aromatic N) is 2. The van der Waals surface area contributed by atoms with Crippen LogP contribution in [-0.2, 0) is 6.42 Å². The number of nitriles is 1. The molecule has 0 bridgehead atoms. The Labute approximate surface area is 172 Å². The van der Waals surface area contributed by atoms with Gasteiger partial charge in [-0.25, -0.2) is 4.39 Å². The van der Waals surface area contributed by atoms with Gasteiger partial charge in [0.1, 0.15) is 11.5 Å². The number of hydrogen-bond donors (Lipinski definition) is 3. The number of aliphatic hydroxyl groups excluding tert-OH is 1. The highest BCUT2D eigenvalue weighted by Crippen LogP contribution is 2.58. The molecule has 1 spiro atoms. The average Bonchev–Trinajstić information content (AvgIpc) is 2.89. The topological polar surface area (TPSA) is 106 Å². The summed E-state index contributed by atoms with van der Waals surface area (Å²) in [4.78, 5) is 4.88. The van der Waals surface area contributed by atoms with E-state index in [2.05, 4.69) is 19.9 Å². The summed E-state index contributed by atoms with van der Waals surface area (Å²) in [5, 5.41) is 27.9. The van der Waals surface area contributed by atoms with Crippen LogP contribution in [0.1, 0.15) is 69.7 Å². The van der Waals surface area contributed by atoms with E-state index in [1.165, 1.54) is 13.8 Å². The Morgan fingerprint density at radius 3 is 2.52 bits per heavy atom. The number of halogens is 1. The van der Waals surface area contributed by atoms with Gasteiger partial charge in [-0.3, -0.25) is 10.4 Å². The minimum absolute atomic E-state index is 0.0318. The molecule has 0 aliphatic heterocycles. The van der Waals surface area contributed by atoms with Crippen molar-refractivity contribution in [1.29, 1.82) is 10.7 Å². The smallest absolute Gasteiger partial charge is 0.137 e. The van der Waals surface area contributed by atoms with Crippen molar-refractivity contribution < 1.29 is 9.50 Å². The lowest BCUT2D eigenvalue weighted by molar-refractivity contribution is -0.0327. The fourth-order valence-electron chi connectivity index (χ4n) is 5.39. The van der Waals surface area contributed by atoms with Crippen molar-refractivity contribution in [3.05, 3.63) is 34.9 Å². The molecule has 0 amide bonds. The van der Waals surface area contributed by atoms with Gasteiger partial charge >= 0.3 is 0 Å². The third kappa shape index (κ3) is 4.20. The van der Waals surface area contributed by atoms with Gasteiger partial charge < -0.3 is 10.8 Å². The van der Waals surface area contributed by atoms with E-state index in [1.807, 2.05) is 18.2 Å². The molecule has 4 N–H and O–H groups in total. The predicted molar refractivity (Wildman–Crippen MR) is 113 cm³/mol. The lowest BCUT2D eigenvalue weighted by Gasteiger charge is -2.46. The third-order valence-corrected chi connectivity index (χ3v) is 6.50. The van der Waals surface area contributed by atoms with Crippen molar-refractivity contribution in [2.75, 3.05) is 0 Å². The largest absolute Gasteiger partial charge is 0.393 e. The van der Waals surface area contributed by atoms with E-state index in [9.17, 15) is 14.8 Å². The highest BCUT2D eigenvalue weighted by molar-refractivity contribution is 6.39. The first-order valence-electron chi connectivity index (χ1n) is 10.3. The Hall–Kier alpha value is -2.26. The zero-order chi connectivity index (χ0) is 21.6. The summed E-state index contributed by atoms with van der Waals surface area (Å²) in [6.07, 6.45) is 1.98. The van der Waals surface area contributed by atoms with Gasteiger partial charge in [0, 0.05) is 11.8 Å². The van der Waals surface area contributed by atoms with Crippen LogP contribution in [0.2, 0.25) is 0 Å². The van der Waals surface area contributed by atoms with Crippen LogP contribution in [0.4, 0.5) is 4.39 Å². The quantitative estimate of drug-likeness (QED) is 0.525.